The summed E-state index contributed by atoms with van der Waals surface area (Å²) < 4.78 is 0. The average molecular weight is 309 g/mol. The van der Waals surface area contributed by atoms with Gasteiger partial charge in [-0.25, -0.2) is 0 Å². The van der Waals surface area contributed by atoms with Gasteiger partial charge in [0.2, 0.25) is 0 Å². The highest BCUT2D eigenvalue weighted by molar-refractivity contribution is 5.85. The highest BCUT2D eigenvalue weighted by Crippen LogP contribution is 2.43. The van der Waals surface area contributed by atoms with Crippen molar-refractivity contribution in [1.29, 1.82) is 0 Å². The van der Waals surface area contributed by atoms with Gasteiger partial charge in [-0.05, 0) is 37.9 Å². The fourth-order valence-electron chi connectivity index (χ4n) is 4.22. The summed E-state index contributed by atoms with van der Waals surface area (Å²) >= 11 is 0. The normalized spacial score (nSPS) is 23.5. The van der Waals surface area contributed by atoms with Gasteiger partial charge in [0.15, 0.2) is 0 Å². The molecule has 0 bridgehead atoms. The van der Waals surface area contributed by atoms with Crippen LogP contribution in [0.15, 0.2) is 24.3 Å². The SMILES string of the molecule is Cc1ccccc1C1(N2CCN(C)CC2)CCCCC1.Cl. The van der Waals surface area contributed by atoms with Crippen molar-refractivity contribution in [3.05, 3.63) is 35.4 Å². The molecule has 0 N–H and O–H groups in total. The molecule has 1 aromatic carbocycles. The number of nitrogens with zero attached hydrogens (tertiary/aromatic N) is 2. The number of rotatable bonds is 2. The van der Waals surface area contributed by atoms with Crippen LogP contribution in [0.4, 0.5) is 0 Å². The lowest BCUT2D eigenvalue weighted by molar-refractivity contribution is 0.00981. The van der Waals surface area contributed by atoms with Crippen molar-refractivity contribution < 1.29 is 0 Å². The molecule has 1 aromatic rings. The van der Waals surface area contributed by atoms with Gasteiger partial charge in [0.25, 0.3) is 0 Å². The molecule has 3 heteroatoms. The Morgan fingerprint density at radius 1 is 0.905 bits per heavy atom. The third-order valence-electron chi connectivity index (χ3n) is 5.44. The Morgan fingerprint density at radius 3 is 2.14 bits per heavy atom. The van der Waals surface area contributed by atoms with Crippen molar-refractivity contribution in [2.24, 2.45) is 0 Å². The van der Waals surface area contributed by atoms with Gasteiger partial charge in [-0.1, -0.05) is 43.5 Å². The number of benzene rings is 1. The zero-order valence-corrected chi connectivity index (χ0v) is 14.3. The molecule has 1 aliphatic heterocycles. The second-order valence-electron chi connectivity index (χ2n) is 6.70. The Bertz CT molecular complexity index is 446. The molecule has 2 aliphatic rings. The Balaban J connectivity index is 0.00000161. The third-order valence-corrected chi connectivity index (χ3v) is 5.44. The smallest absolute Gasteiger partial charge is 0.0464 e. The molecule has 3 rings (SSSR count). The summed E-state index contributed by atoms with van der Waals surface area (Å²) in [5.74, 6) is 0. The van der Waals surface area contributed by atoms with Crippen LogP contribution in [0, 0.1) is 6.92 Å². The molecule has 0 unspecified atom stereocenters. The minimum Gasteiger partial charge on any atom is -0.304 e. The molecule has 0 amide bonds. The molecule has 118 valence electrons. The molecule has 0 aromatic heterocycles. The topological polar surface area (TPSA) is 6.48 Å². The zero-order chi connectivity index (χ0) is 14.0. The first-order valence-electron chi connectivity index (χ1n) is 8.22. The number of halogens is 1. The summed E-state index contributed by atoms with van der Waals surface area (Å²) in [7, 11) is 2.25. The molecule has 1 aliphatic carbocycles. The van der Waals surface area contributed by atoms with Crippen molar-refractivity contribution in [3.63, 3.8) is 0 Å². The van der Waals surface area contributed by atoms with E-state index in [-0.39, 0.29) is 12.4 Å². The maximum absolute atomic E-state index is 2.80. The van der Waals surface area contributed by atoms with Crippen LogP contribution in [0.2, 0.25) is 0 Å². The predicted octanol–water partition coefficient (Wildman–Crippen LogP) is 3.82. The lowest BCUT2D eigenvalue weighted by Crippen LogP contribution is -2.55. The largest absolute Gasteiger partial charge is 0.304 e. The van der Waals surface area contributed by atoms with Crippen LogP contribution < -0.4 is 0 Å². The fraction of sp³-hybridized carbons (Fsp3) is 0.667. The fourth-order valence-corrected chi connectivity index (χ4v) is 4.22. The second kappa shape index (κ2) is 7.13. The first-order chi connectivity index (χ1) is 9.72. The maximum Gasteiger partial charge on any atom is 0.0464 e. The van der Waals surface area contributed by atoms with Gasteiger partial charge < -0.3 is 4.90 Å². The summed E-state index contributed by atoms with van der Waals surface area (Å²) in [6.45, 7) is 7.18. The van der Waals surface area contributed by atoms with E-state index in [4.69, 9.17) is 0 Å². The van der Waals surface area contributed by atoms with Crippen molar-refractivity contribution in [3.8, 4) is 0 Å². The monoisotopic (exact) mass is 308 g/mol. The molecule has 1 saturated carbocycles. The number of likely N-dealkylation sites (N-methyl/N-ethyl adjacent to an activating group) is 1. The number of hydrogen-bond donors (Lipinski definition) is 0. The summed E-state index contributed by atoms with van der Waals surface area (Å²) in [5, 5.41) is 0. The van der Waals surface area contributed by atoms with E-state index >= 15 is 0 Å². The van der Waals surface area contributed by atoms with Crippen molar-refractivity contribution >= 4 is 12.4 Å². The van der Waals surface area contributed by atoms with Crippen LogP contribution in [0.3, 0.4) is 0 Å². The highest BCUT2D eigenvalue weighted by Gasteiger charge is 2.40. The van der Waals surface area contributed by atoms with E-state index < -0.39 is 0 Å². The van der Waals surface area contributed by atoms with Crippen LogP contribution in [-0.4, -0.2) is 43.0 Å². The van der Waals surface area contributed by atoms with Gasteiger partial charge in [-0.3, -0.25) is 4.90 Å². The van der Waals surface area contributed by atoms with Gasteiger partial charge >= 0.3 is 0 Å². The van der Waals surface area contributed by atoms with Crippen LogP contribution in [0.1, 0.15) is 43.2 Å². The van der Waals surface area contributed by atoms with E-state index in [1.807, 2.05) is 0 Å². The van der Waals surface area contributed by atoms with Crippen molar-refractivity contribution in [2.45, 2.75) is 44.6 Å². The minimum absolute atomic E-state index is 0. The lowest BCUT2D eigenvalue weighted by atomic mass is 9.73. The molecule has 21 heavy (non-hydrogen) atoms. The summed E-state index contributed by atoms with van der Waals surface area (Å²) in [5.41, 5.74) is 3.41. The van der Waals surface area contributed by atoms with E-state index in [2.05, 4.69) is 48.0 Å². The molecule has 1 saturated heterocycles. The lowest BCUT2D eigenvalue weighted by Gasteiger charge is -2.50. The number of aryl methyl sites for hydroxylation is 1. The molecule has 1 heterocycles. The molecule has 2 fully saturated rings. The van der Waals surface area contributed by atoms with Crippen molar-refractivity contribution in [2.75, 3.05) is 33.2 Å². The highest BCUT2D eigenvalue weighted by atomic mass is 35.5. The van der Waals surface area contributed by atoms with E-state index in [1.165, 1.54) is 63.8 Å². The van der Waals surface area contributed by atoms with Gasteiger partial charge in [-0.2, -0.15) is 0 Å². The van der Waals surface area contributed by atoms with Crippen LogP contribution in [0.25, 0.3) is 0 Å². The van der Waals surface area contributed by atoms with E-state index in [9.17, 15) is 0 Å². The first-order valence-corrected chi connectivity index (χ1v) is 8.22. The van der Waals surface area contributed by atoms with Gasteiger partial charge in [0.05, 0.1) is 0 Å². The molecule has 0 atom stereocenters. The molecular formula is C18H29ClN2. The number of piperazine rings is 1. The number of hydrogen-bond acceptors (Lipinski definition) is 2. The van der Waals surface area contributed by atoms with Gasteiger partial charge in [0.1, 0.15) is 0 Å². The Labute approximate surface area is 135 Å². The quantitative estimate of drug-likeness (QED) is 0.819. The third kappa shape index (κ3) is 3.28. The van der Waals surface area contributed by atoms with E-state index in [1.54, 1.807) is 5.56 Å². The van der Waals surface area contributed by atoms with Gasteiger partial charge in [0, 0.05) is 31.7 Å². The van der Waals surface area contributed by atoms with Crippen LogP contribution >= 0.6 is 12.4 Å². The molecule has 2 nitrogen and oxygen atoms in total. The molecule has 0 spiro atoms. The predicted molar refractivity (Wildman–Crippen MR) is 92.3 cm³/mol. The summed E-state index contributed by atoms with van der Waals surface area (Å²) in [6.07, 6.45) is 6.89. The zero-order valence-electron chi connectivity index (χ0n) is 13.5. The van der Waals surface area contributed by atoms with E-state index in [0.29, 0.717) is 5.54 Å². The minimum atomic E-state index is 0. The first kappa shape index (κ1) is 16.8. The van der Waals surface area contributed by atoms with Crippen molar-refractivity contribution in [1.82, 2.24) is 9.80 Å². The maximum atomic E-state index is 2.80. The Hall–Kier alpha value is -0.570. The van der Waals surface area contributed by atoms with E-state index in [0.717, 1.165) is 0 Å². The second-order valence-corrected chi connectivity index (χ2v) is 6.70. The van der Waals surface area contributed by atoms with Crippen LogP contribution in [0.5, 0.6) is 0 Å². The van der Waals surface area contributed by atoms with Gasteiger partial charge in [-0.15, -0.1) is 12.4 Å². The standard InChI is InChI=1S/C18H28N2.ClH/c1-16-8-4-5-9-17(16)18(10-6-3-7-11-18)20-14-12-19(2)13-15-20;/h4-5,8-9H,3,6-7,10-15H2,1-2H3;1H. The summed E-state index contributed by atoms with van der Waals surface area (Å²) in [6, 6.07) is 9.09. The summed E-state index contributed by atoms with van der Waals surface area (Å²) in [4.78, 5) is 5.26. The molecular weight excluding hydrogens is 280 g/mol. The van der Waals surface area contributed by atoms with Crippen LogP contribution in [-0.2, 0) is 5.54 Å². The average Bonchev–Trinajstić information content (AvgIpc) is 2.49. The Morgan fingerprint density at radius 2 is 1.52 bits per heavy atom. The molecule has 0 radical (unpaired) electrons. The Kier molecular flexibility index (Phi) is 5.70.